The second-order valence-corrected chi connectivity index (χ2v) is 17.5. The SMILES string of the molecule is c1ccc(-c2ccc(N(c3ccc(-c4cccc5ccccc45)cc3)c3ccc(-c4cccc5c4c4ccccc4n5-c4ccccc4)c4oc5ccccc5c34)c3c2oc2ccccc23)cc1. The number of hydrogen-bond donors (Lipinski definition) is 0. The Kier molecular flexibility index (Phi) is 8.55. The summed E-state index contributed by atoms with van der Waals surface area (Å²) in [6.07, 6.45) is 0. The van der Waals surface area contributed by atoms with Crippen molar-refractivity contribution in [2.24, 2.45) is 0 Å². The zero-order chi connectivity index (χ0) is 44.7. The Labute approximate surface area is 391 Å². The number of fused-ring (bicyclic) bond motifs is 10. The molecule has 0 atom stereocenters. The maximum absolute atomic E-state index is 7.14. The molecule has 0 aliphatic heterocycles. The lowest BCUT2D eigenvalue weighted by molar-refractivity contribution is 0.670. The second-order valence-electron chi connectivity index (χ2n) is 17.5. The summed E-state index contributed by atoms with van der Waals surface area (Å²) in [7, 11) is 0. The summed E-state index contributed by atoms with van der Waals surface area (Å²) in [5.74, 6) is 0. The smallest absolute Gasteiger partial charge is 0.145 e. The van der Waals surface area contributed by atoms with Gasteiger partial charge in [-0.15, -0.1) is 0 Å². The molecule has 0 radical (unpaired) electrons. The van der Waals surface area contributed by atoms with Gasteiger partial charge in [-0.25, -0.2) is 0 Å². The molecular formula is C64H40N2O2. The van der Waals surface area contributed by atoms with E-state index < -0.39 is 0 Å². The van der Waals surface area contributed by atoms with E-state index in [1.807, 2.05) is 6.07 Å². The van der Waals surface area contributed by atoms with E-state index in [0.717, 1.165) is 105 Å². The third-order valence-corrected chi connectivity index (χ3v) is 13.8. The Morgan fingerprint density at radius 1 is 0.309 bits per heavy atom. The van der Waals surface area contributed by atoms with Crippen molar-refractivity contribution in [3.05, 3.63) is 243 Å². The van der Waals surface area contributed by atoms with Crippen molar-refractivity contribution in [1.29, 1.82) is 0 Å². The summed E-state index contributed by atoms with van der Waals surface area (Å²) in [4.78, 5) is 2.42. The van der Waals surface area contributed by atoms with Crippen LogP contribution in [0.1, 0.15) is 0 Å². The normalized spacial score (nSPS) is 11.8. The fraction of sp³-hybridized carbons (Fsp3) is 0. The van der Waals surface area contributed by atoms with Crippen LogP contribution in [0.5, 0.6) is 0 Å². The molecule has 0 spiro atoms. The van der Waals surface area contributed by atoms with Crippen LogP contribution in [-0.4, -0.2) is 4.57 Å². The highest BCUT2D eigenvalue weighted by Gasteiger charge is 2.27. The van der Waals surface area contributed by atoms with Gasteiger partial charge in [0, 0.05) is 44.0 Å². The highest BCUT2D eigenvalue weighted by molar-refractivity contribution is 6.24. The Bertz CT molecular complexity index is 4250. The second kappa shape index (κ2) is 15.2. The van der Waals surface area contributed by atoms with Crippen LogP contribution in [-0.2, 0) is 0 Å². The summed E-state index contributed by atoms with van der Waals surface area (Å²) in [5.41, 5.74) is 16.5. The summed E-state index contributed by atoms with van der Waals surface area (Å²) >= 11 is 0. The zero-order valence-corrected chi connectivity index (χ0v) is 36.8. The van der Waals surface area contributed by atoms with E-state index >= 15 is 0 Å². The third kappa shape index (κ3) is 5.81. The molecule has 0 saturated heterocycles. The minimum absolute atomic E-state index is 0.833. The minimum Gasteiger partial charge on any atom is -0.455 e. The molecular weight excluding hydrogens is 829 g/mol. The molecule has 0 bridgehead atoms. The molecule has 4 nitrogen and oxygen atoms in total. The van der Waals surface area contributed by atoms with Gasteiger partial charge in [-0.3, -0.25) is 0 Å². The summed E-state index contributed by atoms with van der Waals surface area (Å²) < 4.78 is 16.4. The van der Waals surface area contributed by atoms with Crippen molar-refractivity contribution in [3.63, 3.8) is 0 Å². The van der Waals surface area contributed by atoms with Crippen LogP contribution in [0.15, 0.2) is 251 Å². The van der Waals surface area contributed by atoms with Gasteiger partial charge in [-0.1, -0.05) is 170 Å². The monoisotopic (exact) mass is 868 g/mol. The van der Waals surface area contributed by atoms with Gasteiger partial charge in [0.2, 0.25) is 0 Å². The van der Waals surface area contributed by atoms with Gasteiger partial charge in [-0.2, -0.15) is 0 Å². The van der Waals surface area contributed by atoms with Crippen LogP contribution in [0.25, 0.3) is 116 Å². The molecule has 0 fully saturated rings. The molecule has 0 aliphatic carbocycles. The number of para-hydroxylation sites is 4. The quantitative estimate of drug-likeness (QED) is 0.160. The van der Waals surface area contributed by atoms with E-state index in [1.54, 1.807) is 0 Å². The van der Waals surface area contributed by atoms with Crippen LogP contribution in [0.3, 0.4) is 0 Å². The number of furan rings is 2. The number of benzene rings is 11. The lowest BCUT2D eigenvalue weighted by Gasteiger charge is -2.28. The Morgan fingerprint density at radius 3 is 1.54 bits per heavy atom. The fourth-order valence-corrected chi connectivity index (χ4v) is 10.8. The number of rotatable bonds is 7. The average Bonchev–Trinajstić information content (AvgIpc) is 4.10. The van der Waals surface area contributed by atoms with Gasteiger partial charge in [0.15, 0.2) is 0 Å². The molecule has 0 N–H and O–H groups in total. The van der Waals surface area contributed by atoms with Gasteiger partial charge >= 0.3 is 0 Å². The van der Waals surface area contributed by atoms with Crippen molar-refractivity contribution in [1.82, 2.24) is 4.57 Å². The number of nitrogens with zero attached hydrogens (tertiary/aromatic N) is 2. The topological polar surface area (TPSA) is 34.5 Å². The molecule has 3 heterocycles. The van der Waals surface area contributed by atoms with E-state index in [1.165, 1.54) is 27.1 Å². The molecule has 14 rings (SSSR count). The average molecular weight is 869 g/mol. The first-order chi connectivity index (χ1) is 33.8. The number of aromatic nitrogens is 1. The zero-order valence-electron chi connectivity index (χ0n) is 36.8. The lowest BCUT2D eigenvalue weighted by Crippen LogP contribution is -2.11. The largest absolute Gasteiger partial charge is 0.455 e. The Hall–Kier alpha value is -9.12. The molecule has 0 aliphatic rings. The van der Waals surface area contributed by atoms with E-state index in [2.05, 4.69) is 246 Å². The minimum atomic E-state index is 0.833. The van der Waals surface area contributed by atoms with Gasteiger partial charge in [0.05, 0.1) is 33.2 Å². The summed E-state index contributed by atoms with van der Waals surface area (Å²) in [6.45, 7) is 0. The van der Waals surface area contributed by atoms with Crippen molar-refractivity contribution >= 4 is 93.5 Å². The molecule has 11 aromatic carbocycles. The molecule has 68 heavy (non-hydrogen) atoms. The molecule has 0 unspecified atom stereocenters. The fourth-order valence-electron chi connectivity index (χ4n) is 10.8. The van der Waals surface area contributed by atoms with Crippen LogP contribution >= 0.6 is 0 Å². The third-order valence-electron chi connectivity index (χ3n) is 13.8. The standard InChI is InChI=1S/C64H40N2O2/c1-3-17-42(18-4-1)48-37-39-56(61-52-25-10-13-31-58(52)67-63(48)61)66(45-35-33-43(34-36-45)47-27-15-20-41-19-7-8-23-46(41)47)57-40-38-50(64-62(57)53-26-11-14-32-59(53)68-64)49-28-16-30-55-60(49)51-24-9-12-29-54(51)65(55)44-21-5-2-6-22-44/h1-40H. The van der Waals surface area contributed by atoms with E-state index in [4.69, 9.17) is 8.83 Å². The van der Waals surface area contributed by atoms with Crippen molar-refractivity contribution in [2.75, 3.05) is 4.90 Å². The van der Waals surface area contributed by atoms with Crippen LogP contribution < -0.4 is 4.90 Å². The van der Waals surface area contributed by atoms with Crippen molar-refractivity contribution in [3.8, 4) is 39.1 Å². The van der Waals surface area contributed by atoms with Gasteiger partial charge in [0.25, 0.3) is 0 Å². The number of hydrogen-bond acceptors (Lipinski definition) is 3. The van der Waals surface area contributed by atoms with E-state index in [9.17, 15) is 0 Å². The molecule has 0 amide bonds. The summed E-state index contributed by atoms with van der Waals surface area (Å²) in [6, 6.07) is 86.7. The highest BCUT2D eigenvalue weighted by atomic mass is 16.3. The highest BCUT2D eigenvalue weighted by Crippen LogP contribution is 2.51. The Balaban J connectivity index is 1.06. The molecule has 3 aromatic heterocycles. The van der Waals surface area contributed by atoms with Gasteiger partial charge in [-0.05, 0) is 106 Å². The van der Waals surface area contributed by atoms with Crippen molar-refractivity contribution < 1.29 is 8.83 Å². The maximum atomic E-state index is 7.14. The first kappa shape index (κ1) is 38.2. The van der Waals surface area contributed by atoms with E-state index in [-0.39, 0.29) is 0 Å². The van der Waals surface area contributed by atoms with Crippen LogP contribution in [0.2, 0.25) is 0 Å². The molecule has 14 aromatic rings. The van der Waals surface area contributed by atoms with Crippen LogP contribution in [0.4, 0.5) is 17.1 Å². The molecule has 0 saturated carbocycles. The lowest BCUT2D eigenvalue weighted by atomic mass is 9.95. The first-order valence-corrected chi connectivity index (χ1v) is 23.2. The summed E-state index contributed by atoms with van der Waals surface area (Å²) in [5, 5.41) is 9.01. The first-order valence-electron chi connectivity index (χ1n) is 23.2. The van der Waals surface area contributed by atoms with Gasteiger partial charge < -0.3 is 18.3 Å². The van der Waals surface area contributed by atoms with E-state index in [0.29, 0.717) is 0 Å². The molecule has 318 valence electrons. The predicted molar refractivity (Wildman–Crippen MR) is 284 cm³/mol. The maximum Gasteiger partial charge on any atom is 0.145 e. The Morgan fingerprint density at radius 2 is 0.824 bits per heavy atom. The van der Waals surface area contributed by atoms with Crippen LogP contribution in [0, 0.1) is 0 Å². The number of anilines is 3. The predicted octanol–water partition coefficient (Wildman–Crippen LogP) is 18.2. The van der Waals surface area contributed by atoms with Gasteiger partial charge in [0.1, 0.15) is 22.3 Å². The molecule has 4 heteroatoms. The van der Waals surface area contributed by atoms with Crippen molar-refractivity contribution in [2.45, 2.75) is 0 Å².